The van der Waals surface area contributed by atoms with Crippen molar-refractivity contribution in [1.29, 1.82) is 0 Å². The maximum Gasteiger partial charge on any atom is 0.266 e. The molecule has 1 heterocycles. The highest BCUT2D eigenvalue weighted by molar-refractivity contribution is 6.01. The summed E-state index contributed by atoms with van der Waals surface area (Å²) >= 11 is 0. The van der Waals surface area contributed by atoms with Crippen LogP contribution in [-0.4, -0.2) is 42.2 Å². The van der Waals surface area contributed by atoms with Crippen molar-refractivity contribution in [1.82, 2.24) is 10.9 Å². The smallest absolute Gasteiger partial charge is 0.266 e. The van der Waals surface area contributed by atoms with Crippen molar-refractivity contribution in [2.75, 3.05) is 19.8 Å². The van der Waals surface area contributed by atoms with Crippen molar-refractivity contribution >= 4 is 17.5 Å². The molecule has 3 N–H and O–H groups in total. The Hall–Kier alpha value is -4.37. The van der Waals surface area contributed by atoms with E-state index in [9.17, 15) is 10.3 Å². The SMILES string of the molecule is CCCNNC(=O)[C@@]1(Cc2ccccc2)N=C(c2ccc(OCCCO)cc2)O[C@H]1c1ccccc1N=[N+]=[N-]. The van der Waals surface area contributed by atoms with Gasteiger partial charge in [0.15, 0.2) is 11.6 Å². The van der Waals surface area contributed by atoms with Crippen molar-refractivity contribution in [3.8, 4) is 5.75 Å². The van der Waals surface area contributed by atoms with E-state index in [1.54, 1.807) is 30.3 Å². The van der Waals surface area contributed by atoms with Gasteiger partial charge in [-0.2, -0.15) is 0 Å². The second kappa shape index (κ2) is 13.4. The fourth-order valence-electron chi connectivity index (χ4n) is 4.39. The predicted molar refractivity (Wildman–Crippen MR) is 149 cm³/mol. The summed E-state index contributed by atoms with van der Waals surface area (Å²) in [5.74, 6) is 0.576. The molecule has 0 saturated heterocycles. The number of carbonyl (C=O) groups is 1. The number of aliphatic hydroxyl groups excluding tert-OH is 1. The number of hydrogen-bond donors (Lipinski definition) is 3. The molecule has 3 aromatic rings. The van der Waals surface area contributed by atoms with Crippen LogP contribution in [0, 0.1) is 0 Å². The summed E-state index contributed by atoms with van der Waals surface area (Å²) in [5.41, 5.74) is 16.1. The quantitative estimate of drug-likeness (QED) is 0.0949. The van der Waals surface area contributed by atoms with E-state index < -0.39 is 11.6 Å². The predicted octanol–water partition coefficient (Wildman–Crippen LogP) is 4.92. The van der Waals surface area contributed by atoms with Crippen LogP contribution in [0.4, 0.5) is 5.69 Å². The van der Waals surface area contributed by atoms with E-state index in [1.807, 2.05) is 55.5 Å². The summed E-state index contributed by atoms with van der Waals surface area (Å²) in [6.45, 7) is 3.04. The second-order valence-corrected chi connectivity index (χ2v) is 9.08. The first-order valence-electron chi connectivity index (χ1n) is 12.9. The fourth-order valence-corrected chi connectivity index (χ4v) is 4.39. The summed E-state index contributed by atoms with van der Waals surface area (Å²) in [7, 11) is 0. The number of hydrazine groups is 1. The van der Waals surface area contributed by atoms with E-state index in [0.29, 0.717) is 48.0 Å². The van der Waals surface area contributed by atoms with Gasteiger partial charge in [0.05, 0.1) is 6.61 Å². The van der Waals surface area contributed by atoms with Gasteiger partial charge in [-0.05, 0) is 41.8 Å². The fraction of sp³-hybridized carbons (Fsp3) is 0.310. The Kier molecular flexibility index (Phi) is 9.53. The van der Waals surface area contributed by atoms with E-state index in [0.717, 1.165) is 12.0 Å². The molecule has 0 bridgehead atoms. The monoisotopic (exact) mass is 528 g/mol. The van der Waals surface area contributed by atoms with Crippen LogP contribution in [0.5, 0.6) is 5.75 Å². The molecule has 2 atom stereocenters. The normalized spacial score (nSPS) is 18.0. The van der Waals surface area contributed by atoms with Crippen LogP contribution in [-0.2, 0) is 16.0 Å². The number of hydrogen-bond acceptors (Lipinski definition) is 7. The molecule has 3 aromatic carbocycles. The largest absolute Gasteiger partial charge is 0.494 e. The summed E-state index contributed by atoms with van der Waals surface area (Å²) in [6, 6.07) is 23.9. The number of nitrogens with zero attached hydrogens (tertiary/aromatic N) is 4. The van der Waals surface area contributed by atoms with Gasteiger partial charge in [-0.15, -0.1) is 0 Å². The average molecular weight is 529 g/mol. The summed E-state index contributed by atoms with van der Waals surface area (Å²) < 4.78 is 12.1. The topological polar surface area (TPSA) is 141 Å². The average Bonchev–Trinajstić information content (AvgIpc) is 3.35. The zero-order valence-electron chi connectivity index (χ0n) is 21.8. The number of benzene rings is 3. The van der Waals surface area contributed by atoms with Crippen molar-refractivity contribution in [3.63, 3.8) is 0 Å². The Morgan fingerprint density at radius 1 is 1.13 bits per heavy atom. The van der Waals surface area contributed by atoms with Gasteiger partial charge in [-0.1, -0.05) is 66.6 Å². The molecule has 10 nitrogen and oxygen atoms in total. The van der Waals surface area contributed by atoms with Crippen molar-refractivity contribution in [3.05, 3.63) is 106 Å². The first-order chi connectivity index (χ1) is 19.1. The van der Waals surface area contributed by atoms with Crippen molar-refractivity contribution < 1.29 is 19.4 Å². The Morgan fingerprint density at radius 3 is 2.59 bits per heavy atom. The molecule has 0 fully saturated rings. The summed E-state index contributed by atoms with van der Waals surface area (Å²) in [5, 5.41) is 12.9. The first kappa shape index (κ1) is 27.7. The Morgan fingerprint density at radius 2 is 1.87 bits per heavy atom. The van der Waals surface area contributed by atoms with Crippen molar-refractivity contribution in [2.24, 2.45) is 10.1 Å². The van der Waals surface area contributed by atoms with Crippen LogP contribution in [0.25, 0.3) is 10.4 Å². The zero-order chi connectivity index (χ0) is 27.5. The number of nitrogens with one attached hydrogen (secondary N) is 2. The minimum atomic E-state index is -1.41. The summed E-state index contributed by atoms with van der Waals surface area (Å²) in [6.07, 6.45) is 0.729. The van der Waals surface area contributed by atoms with Gasteiger partial charge in [0.1, 0.15) is 5.75 Å². The second-order valence-electron chi connectivity index (χ2n) is 9.08. The van der Waals surface area contributed by atoms with Crippen LogP contribution in [0.2, 0.25) is 0 Å². The zero-order valence-corrected chi connectivity index (χ0v) is 21.8. The van der Waals surface area contributed by atoms with E-state index in [2.05, 4.69) is 20.9 Å². The van der Waals surface area contributed by atoms with Gasteiger partial charge in [-0.25, -0.2) is 10.4 Å². The van der Waals surface area contributed by atoms with Gasteiger partial charge in [0.25, 0.3) is 5.91 Å². The number of azide groups is 1. The Balaban J connectivity index is 1.80. The molecule has 39 heavy (non-hydrogen) atoms. The highest BCUT2D eigenvalue weighted by Crippen LogP contribution is 2.45. The minimum absolute atomic E-state index is 0.0557. The molecule has 0 saturated carbocycles. The molecule has 202 valence electrons. The summed E-state index contributed by atoms with van der Waals surface area (Å²) in [4.78, 5) is 21.9. The molecule has 1 aliphatic heterocycles. The molecule has 0 radical (unpaired) electrons. The number of aliphatic hydroxyl groups is 1. The molecule has 1 aliphatic rings. The number of ether oxygens (including phenoxy) is 2. The third-order valence-electron chi connectivity index (χ3n) is 6.29. The van der Waals surface area contributed by atoms with Gasteiger partial charge in [0.2, 0.25) is 5.90 Å². The van der Waals surface area contributed by atoms with Gasteiger partial charge < -0.3 is 14.6 Å². The third-order valence-corrected chi connectivity index (χ3v) is 6.29. The van der Waals surface area contributed by atoms with E-state index >= 15 is 0 Å². The molecule has 0 aliphatic carbocycles. The van der Waals surface area contributed by atoms with Crippen LogP contribution < -0.4 is 15.6 Å². The van der Waals surface area contributed by atoms with Gasteiger partial charge in [-0.3, -0.25) is 10.2 Å². The third kappa shape index (κ3) is 6.56. The standard InChI is InChI=1S/C29H32N6O4/c1-2-17-31-34-28(37)29(20-21-9-4-3-5-10-21)26(24-11-6-7-12-25(24)33-35-30)39-27(32-29)22-13-15-23(16-14-22)38-19-8-18-36/h3-7,9-16,26,31,36H,2,8,17-20H2,1H3,(H,34,37)/t26-,29-/m0/s1. The maximum absolute atomic E-state index is 14.0. The lowest BCUT2D eigenvalue weighted by molar-refractivity contribution is -0.130. The number of carbonyl (C=O) groups excluding carboxylic acids is 1. The van der Waals surface area contributed by atoms with Crippen molar-refractivity contribution in [2.45, 2.75) is 37.8 Å². The van der Waals surface area contributed by atoms with E-state index in [-0.39, 0.29) is 18.9 Å². The minimum Gasteiger partial charge on any atom is -0.494 e. The number of aliphatic imine (C=N–C) groups is 1. The Bertz CT molecular complexity index is 1330. The van der Waals surface area contributed by atoms with E-state index in [4.69, 9.17) is 19.6 Å². The molecule has 4 rings (SSSR count). The molecular formula is C29H32N6O4. The lowest BCUT2D eigenvalue weighted by atomic mass is 9.81. The molecule has 1 amide bonds. The molecule has 10 heteroatoms. The van der Waals surface area contributed by atoms with Gasteiger partial charge in [0, 0.05) is 47.7 Å². The highest BCUT2D eigenvalue weighted by Gasteiger charge is 2.53. The maximum atomic E-state index is 14.0. The molecular weight excluding hydrogens is 496 g/mol. The Labute approximate surface area is 227 Å². The highest BCUT2D eigenvalue weighted by atomic mass is 16.5. The number of amides is 1. The van der Waals surface area contributed by atoms with Crippen LogP contribution in [0.1, 0.15) is 42.6 Å². The van der Waals surface area contributed by atoms with Crippen LogP contribution in [0.15, 0.2) is 89.0 Å². The lowest BCUT2D eigenvalue weighted by Crippen LogP contribution is -2.54. The molecule has 0 unspecified atom stereocenters. The van der Waals surface area contributed by atoms with E-state index in [1.165, 1.54) is 0 Å². The van der Waals surface area contributed by atoms with Crippen LogP contribution >= 0.6 is 0 Å². The van der Waals surface area contributed by atoms with Gasteiger partial charge >= 0.3 is 0 Å². The van der Waals surface area contributed by atoms with Crippen LogP contribution in [0.3, 0.4) is 0 Å². The lowest BCUT2D eigenvalue weighted by Gasteiger charge is -2.31. The number of rotatable bonds is 13. The molecule has 0 spiro atoms. The first-order valence-corrected chi connectivity index (χ1v) is 12.9. The molecule has 0 aromatic heterocycles.